The summed E-state index contributed by atoms with van der Waals surface area (Å²) < 4.78 is 17.4. The molecule has 0 saturated carbocycles. The summed E-state index contributed by atoms with van der Waals surface area (Å²) in [5.74, 6) is 2.69. The van der Waals surface area contributed by atoms with Gasteiger partial charge in [0.1, 0.15) is 30.0 Å². The molecule has 2 aliphatic heterocycles. The highest BCUT2D eigenvalue weighted by molar-refractivity contribution is 5.43. The zero-order valence-corrected chi connectivity index (χ0v) is 19.8. The maximum absolute atomic E-state index is 11.1. The van der Waals surface area contributed by atoms with Crippen molar-refractivity contribution in [3.05, 3.63) is 89.5 Å². The Bertz CT molecular complexity index is 1080. The van der Waals surface area contributed by atoms with Crippen LogP contribution in [-0.4, -0.2) is 48.5 Å². The third kappa shape index (κ3) is 5.54. The molecule has 0 bridgehead atoms. The van der Waals surface area contributed by atoms with Crippen LogP contribution in [0.1, 0.15) is 29.5 Å². The first-order chi connectivity index (χ1) is 16.6. The minimum atomic E-state index is -0.643. The van der Waals surface area contributed by atoms with Gasteiger partial charge in [-0.1, -0.05) is 42.5 Å². The minimum Gasteiger partial charge on any atom is -0.497 e. The number of aliphatic hydroxyl groups is 1. The Morgan fingerprint density at radius 2 is 1.68 bits per heavy atom. The van der Waals surface area contributed by atoms with Gasteiger partial charge < -0.3 is 19.3 Å². The Labute approximate surface area is 201 Å². The van der Waals surface area contributed by atoms with E-state index in [-0.39, 0.29) is 6.10 Å². The Morgan fingerprint density at radius 3 is 2.41 bits per heavy atom. The summed E-state index contributed by atoms with van der Waals surface area (Å²) in [6.45, 7) is 3.22. The predicted molar refractivity (Wildman–Crippen MR) is 133 cm³/mol. The molecule has 5 nitrogen and oxygen atoms in total. The number of likely N-dealkylation sites (tertiary alicyclic amines) is 1. The van der Waals surface area contributed by atoms with Gasteiger partial charge in [-0.05, 0) is 54.3 Å². The van der Waals surface area contributed by atoms with Crippen molar-refractivity contribution < 1.29 is 19.3 Å². The van der Waals surface area contributed by atoms with E-state index in [2.05, 4.69) is 23.1 Å². The van der Waals surface area contributed by atoms with Crippen molar-refractivity contribution in [2.45, 2.75) is 44.0 Å². The van der Waals surface area contributed by atoms with Crippen LogP contribution in [0.5, 0.6) is 17.2 Å². The summed E-state index contributed by atoms with van der Waals surface area (Å²) in [6.07, 6.45) is 3.27. The van der Waals surface area contributed by atoms with Gasteiger partial charge in [-0.25, -0.2) is 0 Å². The van der Waals surface area contributed by atoms with Crippen LogP contribution in [-0.2, 0) is 19.4 Å². The molecular weight excluding hydrogens is 426 g/mol. The van der Waals surface area contributed by atoms with Crippen LogP contribution >= 0.6 is 0 Å². The molecule has 1 saturated heterocycles. The highest BCUT2D eigenvalue weighted by atomic mass is 16.5. The third-order valence-electron chi connectivity index (χ3n) is 6.96. The van der Waals surface area contributed by atoms with E-state index in [4.69, 9.17) is 14.2 Å². The second-order valence-corrected chi connectivity index (χ2v) is 9.54. The summed E-state index contributed by atoms with van der Waals surface area (Å²) in [5.41, 5.74) is 2.88. The van der Waals surface area contributed by atoms with E-state index < -0.39 is 5.60 Å². The summed E-state index contributed by atoms with van der Waals surface area (Å²) in [4.78, 5) is 2.42. The van der Waals surface area contributed by atoms with Crippen LogP contribution in [0.2, 0.25) is 0 Å². The topological polar surface area (TPSA) is 51.2 Å². The number of benzene rings is 3. The molecule has 1 fully saturated rings. The highest BCUT2D eigenvalue weighted by Crippen LogP contribution is 2.34. The van der Waals surface area contributed by atoms with Gasteiger partial charge in [-0.2, -0.15) is 0 Å². The Kier molecular flexibility index (Phi) is 6.75. The molecule has 0 amide bonds. The van der Waals surface area contributed by atoms with E-state index in [1.165, 1.54) is 5.56 Å². The van der Waals surface area contributed by atoms with E-state index in [1.54, 1.807) is 7.11 Å². The molecule has 0 spiro atoms. The first kappa shape index (κ1) is 22.8. The van der Waals surface area contributed by atoms with Crippen LogP contribution < -0.4 is 14.2 Å². The third-order valence-corrected chi connectivity index (χ3v) is 6.96. The molecule has 3 aromatic rings. The number of fused-ring (bicyclic) bond motifs is 1. The van der Waals surface area contributed by atoms with Gasteiger partial charge in [0.25, 0.3) is 0 Å². The normalized spacial score (nSPS) is 19.3. The van der Waals surface area contributed by atoms with Crippen molar-refractivity contribution in [2.75, 3.05) is 26.7 Å². The molecule has 0 radical (unpaired) electrons. The van der Waals surface area contributed by atoms with Crippen LogP contribution in [0.3, 0.4) is 0 Å². The van der Waals surface area contributed by atoms with Gasteiger partial charge in [-0.3, -0.25) is 4.90 Å². The Balaban J connectivity index is 1.10. The molecule has 0 aromatic heterocycles. The molecule has 1 N–H and O–H groups in total. The smallest absolute Gasteiger partial charge is 0.123 e. The van der Waals surface area contributed by atoms with Crippen LogP contribution in [0, 0.1) is 0 Å². The number of methoxy groups -OCH3 is 1. The molecule has 3 aromatic carbocycles. The lowest BCUT2D eigenvalue weighted by atomic mass is 9.85. The lowest BCUT2D eigenvalue weighted by molar-refractivity contribution is -0.0265. The number of rotatable bonds is 8. The molecule has 178 valence electrons. The molecule has 5 rings (SSSR count). The fourth-order valence-electron chi connectivity index (χ4n) is 4.97. The molecule has 34 heavy (non-hydrogen) atoms. The zero-order chi connectivity index (χ0) is 23.4. The van der Waals surface area contributed by atoms with Crippen molar-refractivity contribution in [1.29, 1.82) is 0 Å². The maximum Gasteiger partial charge on any atom is 0.123 e. The largest absolute Gasteiger partial charge is 0.497 e. The Morgan fingerprint density at radius 1 is 0.941 bits per heavy atom. The number of hydrogen-bond donors (Lipinski definition) is 1. The van der Waals surface area contributed by atoms with E-state index in [0.717, 1.165) is 67.3 Å². The van der Waals surface area contributed by atoms with Gasteiger partial charge in [0.15, 0.2) is 0 Å². The molecule has 2 aliphatic rings. The summed E-state index contributed by atoms with van der Waals surface area (Å²) in [5, 5.41) is 11.1. The monoisotopic (exact) mass is 459 g/mol. The number of ether oxygens (including phenoxy) is 3. The molecule has 0 aliphatic carbocycles. The summed E-state index contributed by atoms with van der Waals surface area (Å²) in [6, 6.07) is 24.4. The quantitative estimate of drug-likeness (QED) is 0.532. The van der Waals surface area contributed by atoms with Crippen molar-refractivity contribution in [3.63, 3.8) is 0 Å². The lowest BCUT2D eigenvalue weighted by Crippen LogP contribution is -2.48. The zero-order valence-electron chi connectivity index (χ0n) is 19.8. The maximum atomic E-state index is 11.1. The van der Waals surface area contributed by atoms with Crippen LogP contribution in [0.15, 0.2) is 72.8 Å². The van der Waals surface area contributed by atoms with Gasteiger partial charge in [0.2, 0.25) is 0 Å². The van der Waals surface area contributed by atoms with Crippen molar-refractivity contribution in [2.24, 2.45) is 0 Å². The van der Waals surface area contributed by atoms with E-state index in [0.29, 0.717) is 13.0 Å². The van der Waals surface area contributed by atoms with Gasteiger partial charge >= 0.3 is 0 Å². The van der Waals surface area contributed by atoms with Crippen molar-refractivity contribution in [3.8, 4) is 17.2 Å². The second kappa shape index (κ2) is 10.1. The molecule has 1 unspecified atom stereocenters. The SMILES string of the molecule is COc1ccc(CC2(O)CCN(CC3Cc4cc(OCc5ccccc5)ccc4O3)CC2)cc1. The highest BCUT2D eigenvalue weighted by Gasteiger charge is 2.34. The number of hydrogen-bond acceptors (Lipinski definition) is 5. The van der Waals surface area contributed by atoms with Crippen LogP contribution in [0.4, 0.5) is 0 Å². The minimum absolute atomic E-state index is 0.146. The standard InChI is InChI=1S/C29H33NO4/c1-32-25-9-7-22(8-10-25)19-29(31)13-15-30(16-14-29)20-27-18-24-17-26(11-12-28(24)34-27)33-21-23-5-3-2-4-6-23/h2-12,17,27,31H,13-16,18-21H2,1H3. The van der Waals surface area contributed by atoms with E-state index in [1.807, 2.05) is 54.6 Å². The fourth-order valence-corrected chi connectivity index (χ4v) is 4.97. The first-order valence-corrected chi connectivity index (χ1v) is 12.1. The van der Waals surface area contributed by atoms with Gasteiger partial charge in [0.05, 0.1) is 12.7 Å². The predicted octanol–water partition coefficient (Wildman–Crippen LogP) is 4.65. The van der Waals surface area contributed by atoms with Gasteiger partial charge in [0, 0.05) is 38.0 Å². The van der Waals surface area contributed by atoms with Gasteiger partial charge in [-0.15, -0.1) is 0 Å². The molecule has 2 heterocycles. The first-order valence-electron chi connectivity index (χ1n) is 12.1. The number of piperidine rings is 1. The average molecular weight is 460 g/mol. The number of nitrogens with zero attached hydrogens (tertiary/aromatic N) is 1. The Hall–Kier alpha value is -3.02. The lowest BCUT2D eigenvalue weighted by Gasteiger charge is -2.39. The molecule has 5 heteroatoms. The molecular formula is C29H33NO4. The molecule has 1 atom stereocenters. The van der Waals surface area contributed by atoms with Crippen LogP contribution in [0.25, 0.3) is 0 Å². The van der Waals surface area contributed by atoms with E-state index >= 15 is 0 Å². The average Bonchev–Trinajstić information content (AvgIpc) is 3.27. The van der Waals surface area contributed by atoms with E-state index in [9.17, 15) is 5.11 Å². The van der Waals surface area contributed by atoms with Crippen molar-refractivity contribution in [1.82, 2.24) is 4.90 Å². The summed E-state index contributed by atoms with van der Waals surface area (Å²) >= 11 is 0. The summed E-state index contributed by atoms with van der Waals surface area (Å²) in [7, 11) is 1.67. The van der Waals surface area contributed by atoms with Crippen molar-refractivity contribution >= 4 is 0 Å². The fraction of sp³-hybridized carbons (Fsp3) is 0.379. The second-order valence-electron chi connectivity index (χ2n) is 9.54.